The van der Waals surface area contributed by atoms with Crippen LogP contribution in [-0.4, -0.2) is 22.1 Å². The van der Waals surface area contributed by atoms with Crippen LogP contribution in [0.5, 0.6) is 0 Å². The fourth-order valence-electron chi connectivity index (χ4n) is 3.58. The van der Waals surface area contributed by atoms with Gasteiger partial charge in [-0.05, 0) is 36.5 Å². The molecule has 0 atom stereocenters. The highest BCUT2D eigenvalue weighted by Gasteiger charge is 2.20. The maximum atomic E-state index is 13.0. The van der Waals surface area contributed by atoms with Crippen LogP contribution in [0.25, 0.3) is 10.2 Å². The molecule has 0 bridgehead atoms. The molecule has 0 unspecified atom stereocenters. The Morgan fingerprint density at radius 1 is 1.00 bits per heavy atom. The zero-order chi connectivity index (χ0) is 21.6. The number of aryl methyl sites for hydroxylation is 3. The summed E-state index contributed by atoms with van der Waals surface area (Å²) in [5.41, 5.74) is 2.91. The predicted octanol–water partition coefficient (Wildman–Crippen LogP) is 4.80. The first-order valence-electron chi connectivity index (χ1n) is 10.4. The molecule has 0 saturated heterocycles. The summed E-state index contributed by atoms with van der Waals surface area (Å²) in [6.45, 7) is 2.68. The molecule has 0 spiro atoms. The lowest BCUT2D eigenvalue weighted by molar-refractivity contribution is 0.0514. The number of thiophene rings is 1. The summed E-state index contributed by atoms with van der Waals surface area (Å²) in [4.78, 5) is 31.1. The zero-order valence-corrected chi connectivity index (χ0v) is 18.2. The van der Waals surface area contributed by atoms with E-state index < -0.39 is 5.97 Å². The fourth-order valence-corrected chi connectivity index (χ4v) is 4.62. The van der Waals surface area contributed by atoms with Gasteiger partial charge in [-0.15, -0.1) is 11.3 Å². The Bertz CT molecular complexity index is 1230. The molecule has 0 fully saturated rings. The lowest BCUT2D eigenvalue weighted by atomic mass is 10.1. The minimum absolute atomic E-state index is 0.102. The molecule has 31 heavy (non-hydrogen) atoms. The molecule has 0 aliphatic carbocycles. The van der Waals surface area contributed by atoms with E-state index in [4.69, 9.17) is 4.74 Å². The van der Waals surface area contributed by atoms with Crippen molar-refractivity contribution < 1.29 is 9.53 Å². The van der Waals surface area contributed by atoms with Crippen molar-refractivity contribution >= 4 is 27.5 Å². The van der Waals surface area contributed by atoms with Gasteiger partial charge in [0.15, 0.2) is 0 Å². The lowest BCUT2D eigenvalue weighted by Crippen LogP contribution is -2.21. The molecule has 0 saturated carbocycles. The average Bonchev–Trinajstić information content (AvgIpc) is 3.14. The van der Waals surface area contributed by atoms with Gasteiger partial charge in [0.2, 0.25) is 0 Å². The van der Waals surface area contributed by atoms with E-state index in [1.54, 1.807) is 17.8 Å². The minimum Gasteiger partial charge on any atom is -0.461 e. The number of ether oxygens (including phenoxy) is 1. The molecule has 2 aromatic carbocycles. The minimum atomic E-state index is -0.397. The largest absolute Gasteiger partial charge is 0.461 e. The topological polar surface area (TPSA) is 61.2 Å². The van der Waals surface area contributed by atoms with Crippen LogP contribution < -0.4 is 5.56 Å². The SMILES string of the molecule is Cc1c(C(=O)OCCc2ccccc2)sc2ncn(CCCc3ccccc3)c(=O)c12. The maximum absolute atomic E-state index is 13.0. The van der Waals surface area contributed by atoms with E-state index in [1.165, 1.54) is 16.9 Å². The first-order valence-corrected chi connectivity index (χ1v) is 11.2. The molecule has 2 heterocycles. The summed E-state index contributed by atoms with van der Waals surface area (Å²) in [6.07, 6.45) is 3.97. The number of fused-ring (bicyclic) bond motifs is 1. The number of carbonyl (C=O) groups is 1. The smallest absolute Gasteiger partial charge is 0.348 e. The van der Waals surface area contributed by atoms with Crippen molar-refractivity contribution in [2.45, 2.75) is 32.7 Å². The van der Waals surface area contributed by atoms with Gasteiger partial charge in [0.25, 0.3) is 5.56 Å². The van der Waals surface area contributed by atoms with Crippen molar-refractivity contribution in [3.8, 4) is 0 Å². The van der Waals surface area contributed by atoms with Crippen molar-refractivity contribution in [3.63, 3.8) is 0 Å². The standard InChI is InChI=1S/C25H24N2O3S/c1-18-21-23(31-22(18)25(29)30-16-14-20-11-6-3-7-12-20)26-17-27(24(21)28)15-8-13-19-9-4-2-5-10-19/h2-7,9-12,17H,8,13-16H2,1H3. The number of hydrogen-bond acceptors (Lipinski definition) is 5. The summed E-state index contributed by atoms with van der Waals surface area (Å²) in [7, 11) is 0. The molecule has 4 aromatic rings. The average molecular weight is 433 g/mol. The molecule has 4 rings (SSSR count). The summed E-state index contributed by atoms with van der Waals surface area (Å²) < 4.78 is 7.10. The van der Waals surface area contributed by atoms with Crippen LogP contribution in [-0.2, 0) is 24.1 Å². The van der Waals surface area contributed by atoms with Gasteiger partial charge in [-0.25, -0.2) is 9.78 Å². The highest BCUT2D eigenvalue weighted by atomic mass is 32.1. The van der Waals surface area contributed by atoms with E-state index in [-0.39, 0.29) is 5.56 Å². The molecule has 0 amide bonds. The third kappa shape index (κ3) is 4.91. The molecule has 5 nitrogen and oxygen atoms in total. The Morgan fingerprint density at radius 2 is 1.65 bits per heavy atom. The number of esters is 1. The number of aromatic nitrogens is 2. The molecule has 158 valence electrons. The number of nitrogens with zero attached hydrogens (tertiary/aromatic N) is 2. The van der Waals surface area contributed by atoms with E-state index in [0.717, 1.165) is 18.4 Å². The van der Waals surface area contributed by atoms with Crippen LogP contribution in [0.3, 0.4) is 0 Å². The Hall–Kier alpha value is -3.25. The highest BCUT2D eigenvalue weighted by Crippen LogP contribution is 2.27. The number of carbonyl (C=O) groups excluding carboxylic acids is 1. The van der Waals surface area contributed by atoms with Gasteiger partial charge < -0.3 is 4.74 Å². The van der Waals surface area contributed by atoms with Crippen LogP contribution >= 0.6 is 11.3 Å². The fraction of sp³-hybridized carbons (Fsp3) is 0.240. The maximum Gasteiger partial charge on any atom is 0.348 e. The number of hydrogen-bond donors (Lipinski definition) is 0. The monoisotopic (exact) mass is 432 g/mol. The van der Waals surface area contributed by atoms with E-state index in [0.29, 0.717) is 40.2 Å². The second kappa shape index (κ2) is 9.71. The van der Waals surface area contributed by atoms with Crippen LogP contribution in [0.2, 0.25) is 0 Å². The zero-order valence-electron chi connectivity index (χ0n) is 17.4. The van der Waals surface area contributed by atoms with Crippen molar-refractivity contribution in [1.29, 1.82) is 0 Å². The number of benzene rings is 2. The lowest BCUT2D eigenvalue weighted by Gasteiger charge is -2.06. The molecule has 0 aliphatic heterocycles. The van der Waals surface area contributed by atoms with E-state index in [1.807, 2.05) is 48.5 Å². The van der Waals surface area contributed by atoms with E-state index in [9.17, 15) is 9.59 Å². The molecule has 6 heteroatoms. The second-order valence-corrected chi connectivity index (χ2v) is 8.44. The van der Waals surface area contributed by atoms with Crippen LogP contribution in [0, 0.1) is 6.92 Å². The van der Waals surface area contributed by atoms with Gasteiger partial charge in [0.1, 0.15) is 9.71 Å². The van der Waals surface area contributed by atoms with Gasteiger partial charge in [0, 0.05) is 13.0 Å². The molecule has 0 radical (unpaired) electrons. The van der Waals surface area contributed by atoms with Crippen molar-refractivity contribution in [3.05, 3.63) is 98.9 Å². The van der Waals surface area contributed by atoms with Crippen molar-refractivity contribution in [2.24, 2.45) is 0 Å². The van der Waals surface area contributed by atoms with Crippen molar-refractivity contribution in [1.82, 2.24) is 9.55 Å². The van der Waals surface area contributed by atoms with Gasteiger partial charge in [-0.2, -0.15) is 0 Å². The Morgan fingerprint density at radius 3 is 2.32 bits per heavy atom. The van der Waals surface area contributed by atoms with Gasteiger partial charge in [-0.3, -0.25) is 9.36 Å². The van der Waals surface area contributed by atoms with Crippen LogP contribution in [0.1, 0.15) is 32.8 Å². The van der Waals surface area contributed by atoms with E-state index >= 15 is 0 Å². The first kappa shape index (κ1) is 21.0. The van der Waals surface area contributed by atoms with Crippen LogP contribution in [0.4, 0.5) is 0 Å². The van der Waals surface area contributed by atoms with Gasteiger partial charge in [0.05, 0.1) is 18.3 Å². The Balaban J connectivity index is 1.44. The molecular formula is C25H24N2O3S. The third-order valence-corrected chi connectivity index (χ3v) is 6.46. The summed E-state index contributed by atoms with van der Waals surface area (Å²) in [6, 6.07) is 20.1. The van der Waals surface area contributed by atoms with E-state index in [2.05, 4.69) is 17.1 Å². The molecular weight excluding hydrogens is 408 g/mol. The first-order chi connectivity index (χ1) is 15.1. The molecule has 0 N–H and O–H groups in total. The quantitative estimate of drug-likeness (QED) is 0.375. The summed E-state index contributed by atoms with van der Waals surface area (Å²) in [5, 5.41) is 0.516. The Labute approximate surface area is 185 Å². The Kier molecular flexibility index (Phi) is 6.57. The summed E-state index contributed by atoms with van der Waals surface area (Å²) >= 11 is 1.22. The summed E-state index contributed by atoms with van der Waals surface area (Å²) in [5.74, 6) is -0.397. The predicted molar refractivity (Wildman–Crippen MR) is 124 cm³/mol. The van der Waals surface area contributed by atoms with Gasteiger partial charge in [-0.1, -0.05) is 60.7 Å². The number of rotatable bonds is 8. The highest BCUT2D eigenvalue weighted by molar-refractivity contribution is 7.20. The molecule has 0 aliphatic rings. The third-order valence-electron chi connectivity index (χ3n) is 5.28. The van der Waals surface area contributed by atoms with Crippen molar-refractivity contribution in [2.75, 3.05) is 6.61 Å². The van der Waals surface area contributed by atoms with Gasteiger partial charge >= 0.3 is 5.97 Å². The molecule has 2 aromatic heterocycles. The normalized spacial score (nSPS) is 11.0. The van der Waals surface area contributed by atoms with Crippen LogP contribution in [0.15, 0.2) is 71.8 Å². The second-order valence-electron chi connectivity index (χ2n) is 7.44.